The Hall–Kier alpha value is -1.92. The number of benzene rings is 1. The van der Waals surface area contributed by atoms with Crippen molar-refractivity contribution in [3.8, 4) is 5.75 Å². The molecule has 0 saturated carbocycles. The molecule has 0 bridgehead atoms. The number of aromatic nitrogens is 2. The fourth-order valence-electron chi connectivity index (χ4n) is 2.17. The van der Waals surface area contributed by atoms with E-state index in [1.54, 1.807) is 18.3 Å². The number of nitrogens with one attached hydrogen (secondary N) is 1. The van der Waals surface area contributed by atoms with Gasteiger partial charge in [-0.05, 0) is 24.6 Å². The highest BCUT2D eigenvalue weighted by atomic mass is 19.1. The van der Waals surface area contributed by atoms with E-state index in [1.807, 2.05) is 10.8 Å². The second kappa shape index (κ2) is 6.49. The van der Waals surface area contributed by atoms with Gasteiger partial charge in [-0.25, -0.2) is 9.37 Å². The Morgan fingerprint density at radius 2 is 2.30 bits per heavy atom. The van der Waals surface area contributed by atoms with Gasteiger partial charge >= 0.3 is 0 Å². The van der Waals surface area contributed by atoms with Crippen molar-refractivity contribution in [2.75, 3.05) is 7.11 Å². The van der Waals surface area contributed by atoms with Crippen molar-refractivity contribution in [1.29, 1.82) is 0 Å². The fraction of sp³-hybridized carbons (Fsp3) is 0.357. The summed E-state index contributed by atoms with van der Waals surface area (Å²) in [7, 11) is 1.44. The van der Waals surface area contributed by atoms with Gasteiger partial charge in [-0.15, -0.1) is 0 Å². The molecule has 5 nitrogen and oxygen atoms in total. The largest absolute Gasteiger partial charge is 0.494 e. The van der Waals surface area contributed by atoms with Crippen LogP contribution in [0.5, 0.6) is 5.75 Å². The lowest BCUT2D eigenvalue weighted by molar-refractivity contribution is 0.384. The van der Waals surface area contributed by atoms with Crippen LogP contribution in [0, 0.1) is 5.82 Å². The maximum Gasteiger partial charge on any atom is 0.165 e. The van der Waals surface area contributed by atoms with Crippen LogP contribution < -0.4 is 16.0 Å². The Morgan fingerprint density at radius 3 is 2.95 bits per heavy atom. The molecule has 0 fully saturated rings. The molecule has 0 aliphatic carbocycles. The fourth-order valence-corrected chi connectivity index (χ4v) is 2.17. The Bertz CT molecular complexity index is 570. The average molecular weight is 278 g/mol. The van der Waals surface area contributed by atoms with Crippen molar-refractivity contribution in [3.05, 3.63) is 47.8 Å². The molecule has 108 valence electrons. The van der Waals surface area contributed by atoms with Crippen LogP contribution in [-0.2, 0) is 13.0 Å². The Labute approximate surface area is 117 Å². The predicted octanol–water partition coefficient (Wildman–Crippen LogP) is 1.80. The Morgan fingerprint density at radius 1 is 1.50 bits per heavy atom. The van der Waals surface area contributed by atoms with Crippen molar-refractivity contribution in [1.82, 2.24) is 15.0 Å². The summed E-state index contributed by atoms with van der Waals surface area (Å²) in [4.78, 5) is 4.32. The summed E-state index contributed by atoms with van der Waals surface area (Å²) < 4.78 is 20.5. The van der Waals surface area contributed by atoms with Gasteiger partial charge in [0.25, 0.3) is 0 Å². The number of nitrogens with zero attached hydrogens (tertiary/aromatic N) is 2. The van der Waals surface area contributed by atoms with Crippen LogP contribution in [0.4, 0.5) is 4.39 Å². The highest BCUT2D eigenvalue weighted by Gasteiger charge is 2.15. The summed E-state index contributed by atoms with van der Waals surface area (Å²) >= 11 is 0. The molecule has 1 unspecified atom stereocenters. The number of hydrogen-bond donors (Lipinski definition) is 2. The molecular weight excluding hydrogens is 259 g/mol. The molecule has 1 aromatic heterocycles. The van der Waals surface area contributed by atoms with E-state index >= 15 is 0 Å². The second-order valence-corrected chi connectivity index (χ2v) is 4.45. The van der Waals surface area contributed by atoms with Gasteiger partial charge in [0.05, 0.1) is 13.2 Å². The van der Waals surface area contributed by atoms with Gasteiger partial charge in [0, 0.05) is 25.4 Å². The molecule has 20 heavy (non-hydrogen) atoms. The van der Waals surface area contributed by atoms with Gasteiger partial charge in [-0.2, -0.15) is 0 Å². The molecule has 6 heteroatoms. The van der Waals surface area contributed by atoms with E-state index < -0.39 is 0 Å². The van der Waals surface area contributed by atoms with Crippen molar-refractivity contribution in [2.24, 2.45) is 5.84 Å². The topological polar surface area (TPSA) is 65.1 Å². The summed E-state index contributed by atoms with van der Waals surface area (Å²) in [5, 5.41) is 0. The molecule has 1 aromatic carbocycles. The van der Waals surface area contributed by atoms with Gasteiger partial charge < -0.3 is 9.30 Å². The first kappa shape index (κ1) is 14.5. The molecule has 0 radical (unpaired) electrons. The molecule has 0 spiro atoms. The first-order chi connectivity index (χ1) is 9.69. The quantitative estimate of drug-likeness (QED) is 0.624. The molecule has 0 saturated heterocycles. The smallest absolute Gasteiger partial charge is 0.165 e. The maximum atomic E-state index is 13.4. The van der Waals surface area contributed by atoms with Crippen molar-refractivity contribution < 1.29 is 9.13 Å². The van der Waals surface area contributed by atoms with Gasteiger partial charge in [0.1, 0.15) is 5.82 Å². The number of ether oxygens (including phenoxy) is 1. The third-order valence-electron chi connectivity index (χ3n) is 3.31. The molecule has 2 rings (SSSR count). The van der Waals surface area contributed by atoms with Crippen LogP contribution in [0.25, 0.3) is 0 Å². The molecule has 0 amide bonds. The van der Waals surface area contributed by atoms with Crippen LogP contribution in [0.1, 0.15) is 24.4 Å². The van der Waals surface area contributed by atoms with Crippen molar-refractivity contribution in [3.63, 3.8) is 0 Å². The van der Waals surface area contributed by atoms with E-state index in [9.17, 15) is 4.39 Å². The standard InChI is InChI=1S/C14H19FN4O/c1-3-19-7-6-17-14(19)9-12(18-16)10-4-5-11(15)13(8-10)20-2/h4-8,12,18H,3,9,16H2,1-2H3. The lowest BCUT2D eigenvalue weighted by atomic mass is 10.0. The third kappa shape index (κ3) is 2.97. The average Bonchev–Trinajstić information content (AvgIpc) is 2.92. The van der Waals surface area contributed by atoms with E-state index in [4.69, 9.17) is 10.6 Å². The Kier molecular flexibility index (Phi) is 4.70. The van der Waals surface area contributed by atoms with Crippen LogP contribution in [0.2, 0.25) is 0 Å². The van der Waals surface area contributed by atoms with Gasteiger partial charge in [0.2, 0.25) is 0 Å². The minimum absolute atomic E-state index is 0.155. The molecular formula is C14H19FN4O. The highest BCUT2D eigenvalue weighted by molar-refractivity contribution is 5.32. The number of halogens is 1. The SMILES string of the molecule is CCn1ccnc1CC(NN)c1ccc(F)c(OC)c1. The lowest BCUT2D eigenvalue weighted by Gasteiger charge is -2.17. The monoisotopic (exact) mass is 278 g/mol. The molecule has 0 aliphatic rings. The van der Waals surface area contributed by atoms with E-state index in [-0.39, 0.29) is 17.6 Å². The molecule has 0 aliphatic heterocycles. The summed E-state index contributed by atoms with van der Waals surface area (Å²) in [5.41, 5.74) is 3.61. The highest BCUT2D eigenvalue weighted by Crippen LogP contribution is 2.24. The van der Waals surface area contributed by atoms with Crippen LogP contribution in [0.15, 0.2) is 30.6 Å². The second-order valence-electron chi connectivity index (χ2n) is 4.45. The Balaban J connectivity index is 2.24. The van der Waals surface area contributed by atoms with E-state index in [2.05, 4.69) is 17.3 Å². The summed E-state index contributed by atoms with van der Waals surface area (Å²) in [5.74, 6) is 6.37. The lowest BCUT2D eigenvalue weighted by Crippen LogP contribution is -2.30. The molecule has 1 atom stereocenters. The zero-order chi connectivity index (χ0) is 14.5. The summed E-state index contributed by atoms with van der Waals surface area (Å²) in [6.45, 7) is 2.90. The maximum absolute atomic E-state index is 13.4. The summed E-state index contributed by atoms with van der Waals surface area (Å²) in [6, 6.07) is 4.57. The van der Waals surface area contributed by atoms with Crippen molar-refractivity contribution in [2.45, 2.75) is 25.9 Å². The van der Waals surface area contributed by atoms with Crippen LogP contribution in [-0.4, -0.2) is 16.7 Å². The number of nitrogens with two attached hydrogens (primary N) is 1. The van der Waals surface area contributed by atoms with Crippen LogP contribution in [0.3, 0.4) is 0 Å². The number of rotatable bonds is 6. The van der Waals surface area contributed by atoms with E-state index in [0.717, 1.165) is 17.9 Å². The minimum atomic E-state index is -0.387. The van der Waals surface area contributed by atoms with Crippen LogP contribution >= 0.6 is 0 Å². The number of hydrazine groups is 1. The number of hydrogen-bond acceptors (Lipinski definition) is 4. The normalized spacial score (nSPS) is 12.4. The predicted molar refractivity (Wildman–Crippen MR) is 74.6 cm³/mol. The van der Waals surface area contributed by atoms with E-state index in [1.165, 1.54) is 13.2 Å². The van der Waals surface area contributed by atoms with Gasteiger partial charge in [0.15, 0.2) is 11.6 Å². The number of aryl methyl sites for hydroxylation is 1. The first-order valence-corrected chi connectivity index (χ1v) is 6.49. The minimum Gasteiger partial charge on any atom is -0.494 e. The zero-order valence-electron chi connectivity index (χ0n) is 11.6. The first-order valence-electron chi connectivity index (χ1n) is 6.49. The number of imidazole rings is 1. The zero-order valence-corrected chi connectivity index (χ0v) is 11.6. The van der Waals surface area contributed by atoms with E-state index in [0.29, 0.717) is 6.42 Å². The molecule has 3 N–H and O–H groups in total. The molecule has 1 heterocycles. The third-order valence-corrected chi connectivity index (χ3v) is 3.31. The van der Waals surface area contributed by atoms with Gasteiger partial charge in [-0.3, -0.25) is 11.3 Å². The van der Waals surface area contributed by atoms with Gasteiger partial charge in [-0.1, -0.05) is 6.07 Å². The summed E-state index contributed by atoms with van der Waals surface area (Å²) in [6.07, 6.45) is 4.30. The van der Waals surface area contributed by atoms with Crippen molar-refractivity contribution >= 4 is 0 Å². The molecule has 2 aromatic rings. The number of methoxy groups -OCH3 is 1.